The van der Waals surface area contributed by atoms with Crippen LogP contribution in [-0.2, 0) is 4.79 Å². The number of hydrogen-bond acceptors (Lipinski definition) is 5. The number of hydrogen-bond donors (Lipinski definition) is 1. The normalized spacial score (nSPS) is 10.9. The highest BCUT2D eigenvalue weighted by Gasteiger charge is 2.06. The average Bonchev–Trinajstić information content (AvgIpc) is 2.76. The SMILES string of the molecule is Cc1ccc(-c2nnc(/C=C/C(=O)O)o2)cn1. The molecule has 0 saturated heterocycles. The zero-order chi connectivity index (χ0) is 12.3. The second kappa shape index (κ2) is 4.56. The van der Waals surface area contributed by atoms with Crippen molar-refractivity contribution in [3.8, 4) is 11.5 Å². The van der Waals surface area contributed by atoms with E-state index in [0.717, 1.165) is 11.8 Å². The summed E-state index contributed by atoms with van der Waals surface area (Å²) in [4.78, 5) is 14.4. The van der Waals surface area contributed by atoms with Gasteiger partial charge in [-0.3, -0.25) is 4.98 Å². The van der Waals surface area contributed by atoms with Crippen molar-refractivity contribution in [1.29, 1.82) is 0 Å². The van der Waals surface area contributed by atoms with E-state index >= 15 is 0 Å². The summed E-state index contributed by atoms with van der Waals surface area (Å²) in [5.41, 5.74) is 1.58. The largest absolute Gasteiger partial charge is 0.478 e. The van der Waals surface area contributed by atoms with Gasteiger partial charge in [0.1, 0.15) is 0 Å². The summed E-state index contributed by atoms with van der Waals surface area (Å²) in [5.74, 6) is -0.618. The molecule has 86 valence electrons. The van der Waals surface area contributed by atoms with E-state index in [1.807, 2.05) is 13.0 Å². The standard InChI is InChI=1S/C11H9N3O3/c1-7-2-3-8(6-12-7)11-14-13-9(17-11)4-5-10(15)16/h2-6H,1H3,(H,15,16)/b5-4+. The van der Waals surface area contributed by atoms with E-state index in [-0.39, 0.29) is 5.89 Å². The molecule has 0 aromatic carbocycles. The van der Waals surface area contributed by atoms with Crippen molar-refractivity contribution in [2.45, 2.75) is 6.92 Å². The van der Waals surface area contributed by atoms with Crippen molar-refractivity contribution in [2.75, 3.05) is 0 Å². The Balaban J connectivity index is 2.23. The van der Waals surface area contributed by atoms with Gasteiger partial charge in [-0.25, -0.2) is 4.79 Å². The van der Waals surface area contributed by atoms with Crippen LogP contribution in [-0.4, -0.2) is 26.3 Å². The Morgan fingerprint density at radius 2 is 2.24 bits per heavy atom. The lowest BCUT2D eigenvalue weighted by Gasteiger charge is -1.93. The fourth-order valence-electron chi connectivity index (χ4n) is 1.16. The molecule has 2 heterocycles. The van der Waals surface area contributed by atoms with Crippen LogP contribution in [0.3, 0.4) is 0 Å². The number of carbonyl (C=O) groups is 1. The van der Waals surface area contributed by atoms with E-state index < -0.39 is 5.97 Å². The maximum atomic E-state index is 10.3. The molecule has 0 fully saturated rings. The number of pyridine rings is 1. The number of nitrogens with zero attached hydrogens (tertiary/aromatic N) is 3. The van der Waals surface area contributed by atoms with Crippen LogP contribution in [0.1, 0.15) is 11.6 Å². The van der Waals surface area contributed by atoms with Crippen LogP contribution in [0.2, 0.25) is 0 Å². The molecule has 0 spiro atoms. The smallest absolute Gasteiger partial charge is 0.328 e. The van der Waals surface area contributed by atoms with E-state index in [2.05, 4.69) is 15.2 Å². The van der Waals surface area contributed by atoms with Gasteiger partial charge in [-0.05, 0) is 19.1 Å². The van der Waals surface area contributed by atoms with Gasteiger partial charge in [-0.15, -0.1) is 10.2 Å². The van der Waals surface area contributed by atoms with Crippen molar-refractivity contribution >= 4 is 12.0 Å². The second-order valence-corrected chi connectivity index (χ2v) is 3.31. The van der Waals surface area contributed by atoms with Gasteiger partial charge in [0.2, 0.25) is 11.8 Å². The first-order valence-corrected chi connectivity index (χ1v) is 4.83. The molecule has 2 rings (SSSR count). The van der Waals surface area contributed by atoms with Gasteiger partial charge in [-0.2, -0.15) is 0 Å². The second-order valence-electron chi connectivity index (χ2n) is 3.31. The number of carboxylic acid groups (broad SMARTS) is 1. The minimum absolute atomic E-state index is 0.142. The van der Waals surface area contributed by atoms with Crippen LogP contribution >= 0.6 is 0 Å². The van der Waals surface area contributed by atoms with Gasteiger partial charge < -0.3 is 9.52 Å². The predicted molar refractivity (Wildman–Crippen MR) is 58.9 cm³/mol. The molecule has 0 unspecified atom stereocenters. The fraction of sp³-hybridized carbons (Fsp3) is 0.0909. The molecule has 0 bridgehead atoms. The van der Waals surface area contributed by atoms with E-state index in [4.69, 9.17) is 9.52 Å². The van der Waals surface area contributed by atoms with Crippen LogP contribution in [0.5, 0.6) is 0 Å². The minimum Gasteiger partial charge on any atom is -0.478 e. The van der Waals surface area contributed by atoms with E-state index in [1.54, 1.807) is 12.3 Å². The highest BCUT2D eigenvalue weighted by molar-refractivity contribution is 5.84. The highest BCUT2D eigenvalue weighted by atomic mass is 16.4. The Morgan fingerprint density at radius 1 is 1.41 bits per heavy atom. The van der Waals surface area contributed by atoms with Crippen molar-refractivity contribution in [3.05, 3.63) is 36.0 Å². The van der Waals surface area contributed by atoms with Crippen molar-refractivity contribution in [1.82, 2.24) is 15.2 Å². The Morgan fingerprint density at radius 3 is 2.88 bits per heavy atom. The summed E-state index contributed by atoms with van der Waals surface area (Å²) < 4.78 is 5.25. The third-order valence-corrected chi connectivity index (χ3v) is 1.97. The molecule has 0 saturated carbocycles. The van der Waals surface area contributed by atoms with Crippen molar-refractivity contribution in [3.63, 3.8) is 0 Å². The fourth-order valence-corrected chi connectivity index (χ4v) is 1.16. The minimum atomic E-state index is -1.07. The number of rotatable bonds is 3. The summed E-state index contributed by atoms with van der Waals surface area (Å²) in [6.07, 6.45) is 3.79. The Hall–Kier alpha value is -2.50. The lowest BCUT2D eigenvalue weighted by atomic mass is 10.2. The molecule has 1 N–H and O–H groups in total. The van der Waals surface area contributed by atoms with Crippen LogP contribution < -0.4 is 0 Å². The molecule has 2 aromatic rings. The summed E-state index contributed by atoms with van der Waals surface area (Å²) in [6, 6.07) is 3.63. The van der Waals surface area contributed by atoms with Gasteiger partial charge in [0.05, 0.1) is 5.56 Å². The first kappa shape index (κ1) is 11.0. The zero-order valence-corrected chi connectivity index (χ0v) is 8.99. The molecular weight excluding hydrogens is 222 g/mol. The third kappa shape index (κ3) is 2.75. The summed E-state index contributed by atoms with van der Waals surface area (Å²) in [7, 11) is 0. The first-order chi connectivity index (χ1) is 8.15. The van der Waals surface area contributed by atoms with Gasteiger partial charge in [0, 0.05) is 24.0 Å². The van der Waals surface area contributed by atoms with E-state index in [1.165, 1.54) is 6.08 Å². The van der Waals surface area contributed by atoms with Gasteiger partial charge in [0.15, 0.2) is 0 Å². The quantitative estimate of drug-likeness (QED) is 0.806. The Kier molecular flexibility index (Phi) is 2.95. The number of carboxylic acids is 1. The molecule has 6 heteroatoms. The van der Waals surface area contributed by atoms with Crippen LogP contribution in [0.4, 0.5) is 0 Å². The maximum Gasteiger partial charge on any atom is 0.328 e. The van der Waals surface area contributed by atoms with Gasteiger partial charge in [-0.1, -0.05) is 0 Å². The Bertz CT molecular complexity index is 558. The van der Waals surface area contributed by atoms with E-state index in [9.17, 15) is 4.79 Å². The highest BCUT2D eigenvalue weighted by Crippen LogP contribution is 2.17. The number of aliphatic carboxylic acids is 1. The van der Waals surface area contributed by atoms with Gasteiger partial charge >= 0.3 is 5.97 Å². The topological polar surface area (TPSA) is 89.1 Å². The molecule has 6 nitrogen and oxygen atoms in total. The molecule has 17 heavy (non-hydrogen) atoms. The number of aromatic nitrogens is 3. The van der Waals surface area contributed by atoms with E-state index in [0.29, 0.717) is 11.5 Å². The van der Waals surface area contributed by atoms with Crippen molar-refractivity contribution in [2.24, 2.45) is 0 Å². The summed E-state index contributed by atoms with van der Waals surface area (Å²) in [6.45, 7) is 1.87. The van der Waals surface area contributed by atoms with Gasteiger partial charge in [0.25, 0.3) is 0 Å². The molecule has 0 aliphatic rings. The van der Waals surface area contributed by atoms with Crippen molar-refractivity contribution < 1.29 is 14.3 Å². The molecule has 2 aromatic heterocycles. The maximum absolute atomic E-state index is 10.3. The molecule has 0 aliphatic heterocycles. The lowest BCUT2D eigenvalue weighted by molar-refractivity contribution is -0.131. The zero-order valence-electron chi connectivity index (χ0n) is 8.99. The molecular formula is C11H9N3O3. The summed E-state index contributed by atoms with van der Waals surface area (Å²) in [5, 5.41) is 15.9. The van der Waals surface area contributed by atoms with Crippen LogP contribution in [0.25, 0.3) is 17.5 Å². The lowest BCUT2D eigenvalue weighted by Crippen LogP contribution is -1.85. The molecule has 0 amide bonds. The monoisotopic (exact) mass is 231 g/mol. The van der Waals surface area contributed by atoms with Crippen LogP contribution in [0.15, 0.2) is 28.8 Å². The Labute approximate surface area is 96.6 Å². The third-order valence-electron chi connectivity index (χ3n) is 1.97. The van der Waals surface area contributed by atoms with Crippen LogP contribution in [0, 0.1) is 6.92 Å². The molecule has 0 radical (unpaired) electrons. The molecule has 0 atom stereocenters. The number of aryl methyl sites for hydroxylation is 1. The molecule has 0 aliphatic carbocycles. The predicted octanol–water partition coefficient (Wildman–Crippen LogP) is 1.54. The average molecular weight is 231 g/mol. The first-order valence-electron chi connectivity index (χ1n) is 4.83. The summed E-state index contributed by atoms with van der Waals surface area (Å²) >= 11 is 0.